The van der Waals surface area contributed by atoms with Gasteiger partial charge in [-0.1, -0.05) is 44.1 Å². The number of aliphatic hydroxyl groups excluding tert-OH is 1. The summed E-state index contributed by atoms with van der Waals surface area (Å²) in [6, 6.07) is 0. The van der Waals surface area contributed by atoms with E-state index >= 15 is 0 Å². The predicted molar refractivity (Wildman–Crippen MR) is 90.6 cm³/mol. The van der Waals surface area contributed by atoms with E-state index in [1.165, 1.54) is 18.4 Å². The fourth-order valence-corrected chi connectivity index (χ4v) is 4.83. The zero-order valence-corrected chi connectivity index (χ0v) is 14.9. The maximum atomic E-state index is 10.3. The van der Waals surface area contributed by atoms with Crippen LogP contribution in [-0.4, -0.2) is 22.9 Å². The summed E-state index contributed by atoms with van der Waals surface area (Å²) >= 11 is 0. The minimum Gasteiger partial charge on any atom is -0.389 e. The Labute approximate surface area is 135 Å². The molecule has 0 unspecified atom stereocenters. The second-order valence-electron chi connectivity index (χ2n) is 8.72. The van der Waals surface area contributed by atoms with Gasteiger partial charge in [-0.3, -0.25) is 0 Å². The van der Waals surface area contributed by atoms with E-state index in [1.54, 1.807) is 5.57 Å². The van der Waals surface area contributed by atoms with Gasteiger partial charge in [-0.25, -0.2) is 0 Å². The molecule has 1 N–H and O–H groups in total. The Morgan fingerprint density at radius 1 is 1.27 bits per heavy atom. The quantitative estimate of drug-likeness (QED) is 0.566. The van der Waals surface area contributed by atoms with E-state index in [9.17, 15) is 5.11 Å². The van der Waals surface area contributed by atoms with Crippen molar-refractivity contribution >= 4 is 0 Å². The van der Waals surface area contributed by atoms with E-state index in [1.807, 2.05) is 0 Å². The van der Waals surface area contributed by atoms with Gasteiger partial charge in [0.15, 0.2) is 0 Å². The lowest BCUT2D eigenvalue weighted by atomic mass is 9.69. The average Bonchev–Trinajstić information content (AvgIpc) is 2.87. The molecular formula is C20H32O2. The van der Waals surface area contributed by atoms with Crippen LogP contribution in [0.2, 0.25) is 0 Å². The van der Waals surface area contributed by atoms with Crippen LogP contribution in [0.5, 0.6) is 0 Å². The van der Waals surface area contributed by atoms with Crippen LogP contribution in [0.3, 0.4) is 0 Å². The summed E-state index contributed by atoms with van der Waals surface area (Å²) in [7, 11) is 0. The van der Waals surface area contributed by atoms with Gasteiger partial charge in [-0.15, -0.1) is 0 Å². The first-order valence-corrected chi connectivity index (χ1v) is 8.97. The first-order valence-electron chi connectivity index (χ1n) is 8.97. The molecule has 1 aliphatic heterocycles. The van der Waals surface area contributed by atoms with E-state index in [2.05, 4.69) is 46.8 Å². The molecule has 3 aliphatic rings. The summed E-state index contributed by atoms with van der Waals surface area (Å²) in [5.41, 5.74) is 3.19. The fourth-order valence-electron chi connectivity index (χ4n) is 4.83. The molecule has 0 radical (unpaired) electrons. The number of hydrogen-bond acceptors (Lipinski definition) is 2. The Hall–Kier alpha value is -0.600. The van der Waals surface area contributed by atoms with Gasteiger partial charge in [0.25, 0.3) is 0 Å². The number of allylic oxidation sites excluding steroid dienone is 3. The van der Waals surface area contributed by atoms with Gasteiger partial charge in [-0.2, -0.15) is 0 Å². The number of hydrogen-bond donors (Lipinski definition) is 1. The van der Waals surface area contributed by atoms with Gasteiger partial charge in [0.05, 0.1) is 17.8 Å². The molecule has 2 aliphatic carbocycles. The van der Waals surface area contributed by atoms with Crippen LogP contribution in [0.25, 0.3) is 0 Å². The van der Waals surface area contributed by atoms with Crippen molar-refractivity contribution in [2.75, 3.05) is 0 Å². The van der Waals surface area contributed by atoms with E-state index < -0.39 is 0 Å². The summed E-state index contributed by atoms with van der Waals surface area (Å²) < 4.78 is 6.04. The smallest absolute Gasteiger partial charge is 0.0948 e. The fraction of sp³-hybridized carbons (Fsp3) is 0.800. The van der Waals surface area contributed by atoms with Crippen molar-refractivity contribution in [3.05, 3.63) is 23.3 Å². The molecule has 1 saturated heterocycles. The van der Waals surface area contributed by atoms with Gasteiger partial charge in [0.2, 0.25) is 0 Å². The second kappa shape index (κ2) is 5.49. The van der Waals surface area contributed by atoms with Crippen LogP contribution < -0.4 is 0 Å². The van der Waals surface area contributed by atoms with Crippen LogP contribution in [0, 0.1) is 17.3 Å². The molecule has 0 aromatic heterocycles. The molecule has 2 heteroatoms. The van der Waals surface area contributed by atoms with Gasteiger partial charge in [0, 0.05) is 6.42 Å². The van der Waals surface area contributed by atoms with Crippen LogP contribution in [-0.2, 0) is 4.74 Å². The first-order chi connectivity index (χ1) is 10.2. The van der Waals surface area contributed by atoms with Gasteiger partial charge in [-0.05, 0) is 56.8 Å². The summed E-state index contributed by atoms with van der Waals surface area (Å²) in [5.74, 6) is 1.30. The van der Waals surface area contributed by atoms with Crippen molar-refractivity contribution in [3.8, 4) is 0 Å². The summed E-state index contributed by atoms with van der Waals surface area (Å²) in [6.45, 7) is 11.4. The zero-order valence-electron chi connectivity index (χ0n) is 14.9. The average molecular weight is 304 g/mol. The molecule has 1 fully saturated rings. The Morgan fingerprint density at radius 2 is 2.00 bits per heavy atom. The molecule has 2 nitrogen and oxygen atoms in total. The maximum Gasteiger partial charge on any atom is 0.0948 e. The van der Waals surface area contributed by atoms with Crippen LogP contribution in [0.1, 0.15) is 66.7 Å². The van der Waals surface area contributed by atoms with E-state index in [0.29, 0.717) is 23.4 Å². The number of rotatable bonds is 1. The molecular weight excluding hydrogens is 272 g/mol. The molecule has 22 heavy (non-hydrogen) atoms. The van der Waals surface area contributed by atoms with Crippen molar-refractivity contribution in [2.24, 2.45) is 17.3 Å². The van der Waals surface area contributed by atoms with Gasteiger partial charge >= 0.3 is 0 Å². The Balaban J connectivity index is 1.88. The third-order valence-corrected chi connectivity index (χ3v) is 6.32. The second-order valence-corrected chi connectivity index (χ2v) is 8.72. The number of aliphatic hydroxyl groups is 1. The molecule has 0 aromatic carbocycles. The highest BCUT2D eigenvalue weighted by Crippen LogP contribution is 2.56. The minimum atomic E-state index is -0.360. The maximum absolute atomic E-state index is 10.3. The molecule has 3 rings (SSSR count). The van der Waals surface area contributed by atoms with E-state index in [-0.39, 0.29) is 11.7 Å². The topological polar surface area (TPSA) is 32.8 Å². The lowest BCUT2D eigenvalue weighted by Gasteiger charge is -2.35. The number of fused-ring (bicyclic) bond motifs is 2. The molecule has 0 saturated carbocycles. The highest BCUT2D eigenvalue weighted by atomic mass is 16.6. The van der Waals surface area contributed by atoms with Crippen LogP contribution >= 0.6 is 0 Å². The Bertz CT molecular complexity index is 504. The molecule has 0 aromatic rings. The van der Waals surface area contributed by atoms with Crippen molar-refractivity contribution < 1.29 is 9.84 Å². The molecule has 0 spiro atoms. The van der Waals surface area contributed by atoms with Crippen LogP contribution in [0.15, 0.2) is 23.3 Å². The largest absolute Gasteiger partial charge is 0.389 e. The third kappa shape index (κ3) is 2.92. The lowest BCUT2D eigenvalue weighted by molar-refractivity contribution is 0.162. The minimum absolute atomic E-state index is 0.116. The van der Waals surface area contributed by atoms with Crippen molar-refractivity contribution in [3.63, 3.8) is 0 Å². The summed E-state index contributed by atoms with van der Waals surface area (Å²) in [4.78, 5) is 0. The molecule has 1 heterocycles. The standard InChI is InChI=1S/C20H32O2/c1-13(2)16-8-9-19(4)12-18-20(5,22-18)11-15(21)10-14(3)6-7-17(16)19/h8,10,13,15,17-18,21H,6-7,9,11-12H2,1-5H3/b14-10+/t15-,17-,18+,19+,20-/m0/s1. The summed E-state index contributed by atoms with van der Waals surface area (Å²) in [5, 5.41) is 10.3. The SMILES string of the molecule is C/C1=C\[C@H](O)C[C@]2(C)O[C@@H]2C[C@@]2(C)CC=C(C(C)C)[C@@H]2CC1. The monoisotopic (exact) mass is 304 g/mol. The highest BCUT2D eigenvalue weighted by Gasteiger charge is 2.56. The predicted octanol–water partition coefficient (Wildman–Crippen LogP) is 4.63. The van der Waals surface area contributed by atoms with E-state index in [0.717, 1.165) is 19.3 Å². The third-order valence-electron chi connectivity index (χ3n) is 6.32. The Kier molecular flexibility index (Phi) is 4.06. The van der Waals surface area contributed by atoms with Gasteiger partial charge < -0.3 is 9.84 Å². The Morgan fingerprint density at radius 3 is 2.68 bits per heavy atom. The lowest BCUT2D eigenvalue weighted by Crippen LogP contribution is -2.29. The highest BCUT2D eigenvalue weighted by molar-refractivity contribution is 5.23. The molecule has 5 atom stereocenters. The molecule has 124 valence electrons. The van der Waals surface area contributed by atoms with Crippen molar-refractivity contribution in [1.82, 2.24) is 0 Å². The van der Waals surface area contributed by atoms with Gasteiger partial charge in [0.1, 0.15) is 0 Å². The van der Waals surface area contributed by atoms with Crippen molar-refractivity contribution in [1.29, 1.82) is 0 Å². The normalized spacial score (nSPS) is 47.9. The molecule has 0 bridgehead atoms. The number of epoxide rings is 1. The van der Waals surface area contributed by atoms with Crippen LogP contribution in [0.4, 0.5) is 0 Å². The first kappa shape index (κ1) is 16.3. The van der Waals surface area contributed by atoms with Crippen molar-refractivity contribution in [2.45, 2.75) is 84.5 Å². The zero-order chi connectivity index (χ0) is 16.1. The summed E-state index contributed by atoms with van der Waals surface area (Å²) in [6.07, 6.45) is 9.89. The molecule has 0 amide bonds. The van der Waals surface area contributed by atoms with E-state index in [4.69, 9.17) is 4.74 Å². The number of ether oxygens (including phenoxy) is 1.